The lowest BCUT2D eigenvalue weighted by Crippen LogP contribution is -2.10. The molecule has 0 bridgehead atoms. The summed E-state index contributed by atoms with van der Waals surface area (Å²) in [6.07, 6.45) is -4.50. The molecule has 20 heavy (non-hydrogen) atoms. The number of benzene rings is 2. The van der Waals surface area contributed by atoms with E-state index in [-0.39, 0.29) is 18.0 Å². The van der Waals surface area contributed by atoms with Crippen molar-refractivity contribution in [2.45, 2.75) is 12.8 Å². The van der Waals surface area contributed by atoms with E-state index in [4.69, 9.17) is 4.74 Å². The molecule has 0 unspecified atom stereocenters. The molecule has 2 aromatic rings. The van der Waals surface area contributed by atoms with E-state index >= 15 is 0 Å². The van der Waals surface area contributed by atoms with Crippen molar-refractivity contribution in [1.82, 2.24) is 0 Å². The molecule has 3 nitrogen and oxygen atoms in total. The lowest BCUT2D eigenvalue weighted by atomic mass is 10.1. The first-order valence-electron chi connectivity index (χ1n) is 5.86. The van der Waals surface area contributed by atoms with Crippen LogP contribution in [0.2, 0.25) is 0 Å². The minimum atomic E-state index is -4.50. The number of nitrogens with zero attached hydrogens (tertiary/aromatic N) is 1. The van der Waals surface area contributed by atoms with Crippen molar-refractivity contribution in [2.24, 2.45) is 0 Å². The van der Waals surface area contributed by atoms with Gasteiger partial charge in [-0.25, -0.2) is 0 Å². The molecule has 0 spiro atoms. The van der Waals surface area contributed by atoms with Crippen LogP contribution in [0.15, 0.2) is 42.5 Å². The zero-order valence-corrected chi connectivity index (χ0v) is 10.1. The molecule has 1 aliphatic rings. The van der Waals surface area contributed by atoms with E-state index in [9.17, 15) is 18.4 Å². The van der Waals surface area contributed by atoms with E-state index in [0.29, 0.717) is 16.3 Å². The van der Waals surface area contributed by atoms with Gasteiger partial charge in [-0.1, -0.05) is 18.2 Å². The molecule has 0 saturated carbocycles. The van der Waals surface area contributed by atoms with Gasteiger partial charge >= 0.3 is 6.18 Å². The molecule has 0 saturated heterocycles. The quantitative estimate of drug-likeness (QED) is 0.724. The largest absolute Gasteiger partial charge is 0.754 e. The molecule has 1 heterocycles. The molecule has 0 aromatic heterocycles. The van der Waals surface area contributed by atoms with Crippen molar-refractivity contribution in [1.29, 1.82) is 0 Å². The minimum absolute atomic E-state index is 0.134. The molecule has 1 aliphatic heterocycles. The molecular formula is C14H9F3NO2-. The highest BCUT2D eigenvalue weighted by atomic mass is 19.4. The molecule has 2 aromatic carbocycles. The summed E-state index contributed by atoms with van der Waals surface area (Å²) >= 11 is 0. The van der Waals surface area contributed by atoms with Crippen molar-refractivity contribution in [2.75, 3.05) is 5.06 Å². The Bertz CT molecular complexity index is 655. The average molecular weight is 280 g/mol. The number of para-hydroxylation sites is 1. The van der Waals surface area contributed by atoms with Gasteiger partial charge in [0.1, 0.15) is 12.4 Å². The first-order chi connectivity index (χ1) is 9.47. The molecule has 0 aliphatic carbocycles. The van der Waals surface area contributed by atoms with Crippen LogP contribution in [0, 0.1) is 5.21 Å². The summed E-state index contributed by atoms with van der Waals surface area (Å²) in [6, 6.07) is 9.55. The van der Waals surface area contributed by atoms with Gasteiger partial charge in [-0.15, -0.1) is 0 Å². The maximum absolute atomic E-state index is 12.7. The summed E-state index contributed by atoms with van der Waals surface area (Å²) in [6.45, 7) is 0.146. The van der Waals surface area contributed by atoms with E-state index in [1.54, 1.807) is 24.3 Å². The van der Waals surface area contributed by atoms with Crippen molar-refractivity contribution >= 4 is 11.4 Å². The maximum atomic E-state index is 12.7. The topological polar surface area (TPSA) is 35.5 Å². The van der Waals surface area contributed by atoms with E-state index < -0.39 is 11.7 Å². The van der Waals surface area contributed by atoms with Gasteiger partial charge in [-0.05, 0) is 24.3 Å². The van der Waals surface area contributed by atoms with Gasteiger partial charge in [0.2, 0.25) is 0 Å². The maximum Gasteiger partial charge on any atom is 0.416 e. The van der Waals surface area contributed by atoms with Crippen molar-refractivity contribution in [3.8, 4) is 5.75 Å². The fraction of sp³-hybridized carbons (Fsp3) is 0.143. The summed E-state index contributed by atoms with van der Waals surface area (Å²) in [5, 5.41) is 12.8. The van der Waals surface area contributed by atoms with Gasteiger partial charge in [0, 0.05) is 11.3 Å². The lowest BCUT2D eigenvalue weighted by Gasteiger charge is -2.31. The highest BCUT2D eigenvalue weighted by Gasteiger charge is 2.32. The summed E-state index contributed by atoms with van der Waals surface area (Å²) in [5.74, 6) is 0.143. The van der Waals surface area contributed by atoms with Crippen molar-refractivity contribution < 1.29 is 17.9 Å². The van der Waals surface area contributed by atoms with Crippen LogP contribution < -0.4 is 9.80 Å². The van der Waals surface area contributed by atoms with Crippen LogP contribution >= 0.6 is 0 Å². The Kier molecular flexibility index (Phi) is 2.83. The minimum Gasteiger partial charge on any atom is -0.754 e. The van der Waals surface area contributed by atoms with E-state index in [0.717, 1.165) is 12.1 Å². The number of ether oxygens (including phenoxy) is 1. The SMILES string of the molecule is [O-]N1c2ccccc2COc2ccc(C(F)(F)F)cc21. The second-order valence-corrected chi connectivity index (χ2v) is 4.39. The molecule has 104 valence electrons. The summed E-state index contributed by atoms with van der Waals surface area (Å²) in [5.41, 5.74) is -0.0808. The second kappa shape index (κ2) is 4.42. The number of anilines is 2. The molecule has 0 fully saturated rings. The van der Waals surface area contributed by atoms with Gasteiger partial charge in [-0.2, -0.15) is 13.2 Å². The molecule has 6 heteroatoms. The molecule has 0 atom stereocenters. The zero-order chi connectivity index (χ0) is 14.3. The Morgan fingerprint density at radius 2 is 1.80 bits per heavy atom. The first kappa shape index (κ1) is 12.8. The third-order valence-corrected chi connectivity index (χ3v) is 3.10. The highest BCUT2D eigenvalue weighted by Crippen LogP contribution is 2.42. The molecular weight excluding hydrogens is 271 g/mol. The summed E-state index contributed by atoms with van der Waals surface area (Å²) in [7, 11) is 0. The number of hydrogen-bond acceptors (Lipinski definition) is 3. The third kappa shape index (κ3) is 2.08. The van der Waals surface area contributed by atoms with Crippen molar-refractivity contribution in [3.63, 3.8) is 0 Å². The number of halogens is 3. The number of hydrogen-bond donors (Lipinski definition) is 0. The number of alkyl halides is 3. The van der Waals surface area contributed by atoms with E-state index in [1.807, 2.05) is 0 Å². The predicted octanol–water partition coefficient (Wildman–Crippen LogP) is 4.23. The normalized spacial score (nSPS) is 14.1. The Balaban J connectivity index is 2.13. The molecule has 0 radical (unpaired) electrons. The Hall–Kier alpha value is -2.21. The Morgan fingerprint density at radius 3 is 2.55 bits per heavy atom. The van der Waals surface area contributed by atoms with Gasteiger partial charge in [-0.3, -0.25) is 0 Å². The van der Waals surface area contributed by atoms with Crippen LogP contribution in [0.25, 0.3) is 0 Å². The second-order valence-electron chi connectivity index (χ2n) is 4.39. The standard InChI is InChI=1S/C14H9F3NO2/c15-14(16,17)10-5-6-13-12(7-10)18(19)11-4-2-1-3-9(11)8-20-13/h1-7H,8H2/q-1. The lowest BCUT2D eigenvalue weighted by molar-refractivity contribution is -0.137. The zero-order valence-electron chi connectivity index (χ0n) is 10.1. The van der Waals surface area contributed by atoms with Gasteiger partial charge in [0.15, 0.2) is 0 Å². The van der Waals surface area contributed by atoms with E-state index in [2.05, 4.69) is 0 Å². The fourth-order valence-corrected chi connectivity index (χ4v) is 2.09. The Labute approximate surface area is 112 Å². The summed E-state index contributed by atoms with van der Waals surface area (Å²) in [4.78, 5) is 0. The predicted molar refractivity (Wildman–Crippen MR) is 67.7 cm³/mol. The van der Waals surface area contributed by atoms with Crippen LogP contribution in [-0.4, -0.2) is 0 Å². The Morgan fingerprint density at radius 1 is 1.05 bits per heavy atom. The molecule has 3 rings (SSSR count). The van der Waals surface area contributed by atoms with Crippen LogP contribution in [0.3, 0.4) is 0 Å². The number of fused-ring (bicyclic) bond motifs is 2. The molecule has 0 N–H and O–H groups in total. The summed E-state index contributed by atoms with van der Waals surface area (Å²) < 4.78 is 43.6. The van der Waals surface area contributed by atoms with Gasteiger partial charge in [0.25, 0.3) is 0 Å². The van der Waals surface area contributed by atoms with Gasteiger partial charge < -0.3 is 15.0 Å². The van der Waals surface area contributed by atoms with Crippen LogP contribution in [-0.2, 0) is 12.8 Å². The van der Waals surface area contributed by atoms with E-state index in [1.165, 1.54) is 6.07 Å². The van der Waals surface area contributed by atoms with Crippen LogP contribution in [0.1, 0.15) is 11.1 Å². The number of rotatable bonds is 0. The van der Waals surface area contributed by atoms with Gasteiger partial charge in [0.05, 0.1) is 11.3 Å². The van der Waals surface area contributed by atoms with Crippen molar-refractivity contribution in [3.05, 3.63) is 58.8 Å². The smallest absolute Gasteiger partial charge is 0.416 e. The fourth-order valence-electron chi connectivity index (χ4n) is 2.09. The third-order valence-electron chi connectivity index (χ3n) is 3.10. The molecule has 0 amide bonds. The van der Waals surface area contributed by atoms with Crippen LogP contribution in [0.4, 0.5) is 24.5 Å². The first-order valence-corrected chi connectivity index (χ1v) is 5.86. The monoisotopic (exact) mass is 280 g/mol. The highest BCUT2D eigenvalue weighted by molar-refractivity contribution is 5.74. The average Bonchev–Trinajstić information content (AvgIpc) is 2.56. The van der Waals surface area contributed by atoms with Crippen LogP contribution in [0.5, 0.6) is 5.75 Å².